The van der Waals surface area contributed by atoms with E-state index in [4.69, 9.17) is 9.47 Å². The van der Waals surface area contributed by atoms with Gasteiger partial charge in [0.15, 0.2) is 0 Å². The van der Waals surface area contributed by atoms with Gasteiger partial charge in [-0.25, -0.2) is 4.79 Å². The quantitative estimate of drug-likeness (QED) is 0.0809. The highest BCUT2D eigenvalue weighted by Crippen LogP contribution is 2.28. The fourth-order valence-corrected chi connectivity index (χ4v) is 6.37. The van der Waals surface area contributed by atoms with Crippen molar-refractivity contribution in [1.82, 2.24) is 0 Å². The van der Waals surface area contributed by atoms with Crippen LogP contribution in [0.3, 0.4) is 0 Å². The first-order valence-corrected chi connectivity index (χ1v) is 17.4. The van der Waals surface area contributed by atoms with Gasteiger partial charge in [0.25, 0.3) is 0 Å². The number of cyclic esters (lactones) is 1. The lowest BCUT2D eigenvalue weighted by atomic mass is 10.00. The van der Waals surface area contributed by atoms with E-state index in [0.29, 0.717) is 0 Å². The Kier molecular flexibility index (Phi) is 20.0. The standard InChI is InChI=1S/C35H64O5/c1-3-4-5-6-7-8-9-10-11-12-13-14-15-16-17-21-24-31(36)33-26-27-34(40-33)32(37)25-22-19-18-20-23-30-28-29(2)39-35(30)38/h28-29,31-34,36-37H,3-27H2,1-2H3/t29?,31-,32-,33-,34-/m1/s1. The lowest BCUT2D eigenvalue weighted by Crippen LogP contribution is -2.31. The molecule has 234 valence electrons. The van der Waals surface area contributed by atoms with E-state index in [2.05, 4.69) is 6.92 Å². The lowest BCUT2D eigenvalue weighted by molar-refractivity contribution is -0.139. The Morgan fingerprint density at radius 2 is 1.07 bits per heavy atom. The Balaban J connectivity index is 1.35. The van der Waals surface area contributed by atoms with E-state index in [1.165, 1.54) is 96.3 Å². The van der Waals surface area contributed by atoms with Crippen molar-refractivity contribution in [3.63, 3.8) is 0 Å². The maximum atomic E-state index is 11.6. The van der Waals surface area contributed by atoms with Crippen molar-refractivity contribution in [2.24, 2.45) is 0 Å². The van der Waals surface area contributed by atoms with Gasteiger partial charge in [-0.15, -0.1) is 0 Å². The molecule has 1 unspecified atom stereocenters. The number of unbranched alkanes of at least 4 members (excludes halogenated alkanes) is 18. The van der Waals surface area contributed by atoms with E-state index in [-0.39, 0.29) is 24.3 Å². The first-order chi connectivity index (χ1) is 19.5. The summed E-state index contributed by atoms with van der Waals surface area (Å²) in [5, 5.41) is 21.2. The largest absolute Gasteiger partial charge is 0.455 e. The van der Waals surface area contributed by atoms with E-state index in [1.54, 1.807) is 0 Å². The smallest absolute Gasteiger partial charge is 0.334 e. The van der Waals surface area contributed by atoms with Crippen LogP contribution in [0.1, 0.15) is 174 Å². The van der Waals surface area contributed by atoms with E-state index >= 15 is 0 Å². The van der Waals surface area contributed by atoms with Gasteiger partial charge in [-0.1, -0.05) is 129 Å². The number of esters is 1. The predicted octanol–water partition coefficient (Wildman–Crippen LogP) is 9.12. The molecule has 2 heterocycles. The third-order valence-electron chi connectivity index (χ3n) is 8.98. The van der Waals surface area contributed by atoms with Crippen molar-refractivity contribution in [3.8, 4) is 0 Å². The summed E-state index contributed by atoms with van der Waals surface area (Å²) in [5.74, 6) is -0.159. The van der Waals surface area contributed by atoms with Gasteiger partial charge < -0.3 is 19.7 Å². The van der Waals surface area contributed by atoms with Crippen molar-refractivity contribution in [3.05, 3.63) is 11.6 Å². The van der Waals surface area contributed by atoms with Gasteiger partial charge in [0, 0.05) is 5.57 Å². The summed E-state index contributed by atoms with van der Waals surface area (Å²) in [6.45, 7) is 4.17. The molecule has 0 radical (unpaired) electrons. The highest BCUT2D eigenvalue weighted by molar-refractivity contribution is 5.90. The number of carbonyl (C=O) groups excluding carboxylic acids is 1. The SMILES string of the molecule is CCCCCCCCCCCCCCCCCC[C@@H](O)[C@H]1CC[C@H]([C@H](O)CCCCCCC2=CC(C)OC2=O)O1. The van der Waals surface area contributed by atoms with Crippen LogP contribution in [0.4, 0.5) is 0 Å². The molecule has 0 aromatic heterocycles. The summed E-state index contributed by atoms with van der Waals surface area (Å²) >= 11 is 0. The minimum Gasteiger partial charge on any atom is -0.455 e. The van der Waals surface area contributed by atoms with Crippen molar-refractivity contribution >= 4 is 5.97 Å². The molecule has 5 nitrogen and oxygen atoms in total. The molecule has 0 saturated carbocycles. The summed E-state index contributed by atoms with van der Waals surface area (Å²) in [6.07, 6.45) is 30.6. The van der Waals surface area contributed by atoms with Crippen LogP contribution in [0.2, 0.25) is 0 Å². The molecule has 1 saturated heterocycles. The molecule has 2 aliphatic heterocycles. The van der Waals surface area contributed by atoms with Gasteiger partial charge in [0.05, 0.1) is 24.4 Å². The van der Waals surface area contributed by atoms with Crippen LogP contribution in [-0.4, -0.2) is 46.7 Å². The average molecular weight is 565 g/mol. The number of rotatable bonds is 26. The Hall–Kier alpha value is -0.910. The average Bonchev–Trinajstić information content (AvgIpc) is 3.56. The first-order valence-electron chi connectivity index (χ1n) is 17.4. The van der Waals surface area contributed by atoms with Crippen molar-refractivity contribution in [2.45, 2.75) is 205 Å². The number of hydrogen-bond acceptors (Lipinski definition) is 5. The molecule has 2 aliphatic rings. The second-order valence-electron chi connectivity index (χ2n) is 12.8. The molecule has 40 heavy (non-hydrogen) atoms. The zero-order valence-corrected chi connectivity index (χ0v) is 26.3. The number of aliphatic hydroxyl groups is 2. The molecule has 0 spiro atoms. The minimum absolute atomic E-state index is 0.0830. The highest BCUT2D eigenvalue weighted by atomic mass is 16.5. The summed E-state index contributed by atoms with van der Waals surface area (Å²) < 4.78 is 11.2. The fraction of sp³-hybridized carbons (Fsp3) is 0.914. The Bertz CT molecular complexity index is 662. The van der Waals surface area contributed by atoms with Gasteiger partial charge in [0.2, 0.25) is 0 Å². The molecule has 0 aromatic rings. The first kappa shape index (κ1) is 35.3. The monoisotopic (exact) mass is 564 g/mol. The molecule has 0 amide bonds. The molecule has 0 aliphatic carbocycles. The van der Waals surface area contributed by atoms with Gasteiger partial charge >= 0.3 is 5.97 Å². The third-order valence-corrected chi connectivity index (χ3v) is 8.98. The molecule has 0 aromatic carbocycles. The van der Waals surface area contributed by atoms with E-state index < -0.39 is 12.2 Å². The summed E-state index contributed by atoms with van der Waals surface area (Å²) in [4.78, 5) is 11.6. The van der Waals surface area contributed by atoms with Crippen molar-refractivity contribution in [2.75, 3.05) is 0 Å². The van der Waals surface area contributed by atoms with Gasteiger partial charge in [-0.3, -0.25) is 0 Å². The highest BCUT2D eigenvalue weighted by Gasteiger charge is 2.34. The Labute approximate surface area is 246 Å². The van der Waals surface area contributed by atoms with E-state index in [0.717, 1.165) is 69.8 Å². The van der Waals surface area contributed by atoms with Crippen LogP contribution < -0.4 is 0 Å². The van der Waals surface area contributed by atoms with Crippen molar-refractivity contribution in [1.29, 1.82) is 0 Å². The van der Waals surface area contributed by atoms with E-state index in [9.17, 15) is 15.0 Å². The van der Waals surface area contributed by atoms with Crippen LogP contribution in [0.15, 0.2) is 11.6 Å². The van der Waals surface area contributed by atoms with Crippen LogP contribution in [0.5, 0.6) is 0 Å². The summed E-state index contributed by atoms with van der Waals surface area (Å²) in [5.41, 5.74) is 0.816. The number of hydrogen-bond donors (Lipinski definition) is 2. The normalized spacial score (nSPS) is 22.4. The molecular weight excluding hydrogens is 500 g/mol. The number of ether oxygens (including phenoxy) is 2. The summed E-state index contributed by atoms with van der Waals surface area (Å²) in [6, 6.07) is 0. The zero-order chi connectivity index (χ0) is 28.8. The minimum atomic E-state index is -0.443. The van der Waals surface area contributed by atoms with Crippen LogP contribution >= 0.6 is 0 Å². The maximum absolute atomic E-state index is 11.6. The fourth-order valence-electron chi connectivity index (χ4n) is 6.37. The molecule has 1 fully saturated rings. The summed E-state index contributed by atoms with van der Waals surface area (Å²) in [7, 11) is 0. The third kappa shape index (κ3) is 15.9. The second kappa shape index (κ2) is 22.7. The zero-order valence-electron chi connectivity index (χ0n) is 26.3. The maximum Gasteiger partial charge on any atom is 0.334 e. The predicted molar refractivity (Wildman–Crippen MR) is 165 cm³/mol. The van der Waals surface area contributed by atoms with Gasteiger partial charge in [0.1, 0.15) is 6.10 Å². The number of carbonyl (C=O) groups is 1. The van der Waals surface area contributed by atoms with Gasteiger partial charge in [-0.2, -0.15) is 0 Å². The molecule has 5 atom stereocenters. The second-order valence-corrected chi connectivity index (χ2v) is 12.8. The molecule has 0 bridgehead atoms. The Morgan fingerprint density at radius 1 is 0.675 bits per heavy atom. The van der Waals surface area contributed by atoms with Crippen LogP contribution in [-0.2, 0) is 14.3 Å². The van der Waals surface area contributed by atoms with Gasteiger partial charge in [-0.05, 0) is 51.5 Å². The van der Waals surface area contributed by atoms with Crippen molar-refractivity contribution < 1.29 is 24.5 Å². The Morgan fingerprint density at radius 3 is 1.48 bits per heavy atom. The molecular formula is C35H64O5. The van der Waals surface area contributed by atoms with Crippen LogP contribution in [0, 0.1) is 0 Å². The molecule has 2 N–H and O–H groups in total. The lowest BCUT2D eigenvalue weighted by Gasteiger charge is -2.22. The molecule has 2 rings (SSSR count). The van der Waals surface area contributed by atoms with Crippen LogP contribution in [0.25, 0.3) is 0 Å². The van der Waals surface area contributed by atoms with E-state index in [1.807, 2.05) is 13.0 Å². The number of aliphatic hydroxyl groups excluding tert-OH is 2. The molecule has 5 heteroatoms. The topological polar surface area (TPSA) is 76.0 Å².